The molecule has 380 valence electrons. The lowest BCUT2D eigenvalue weighted by molar-refractivity contribution is -0.870. The summed E-state index contributed by atoms with van der Waals surface area (Å²) in [5.41, 5.74) is 0. The zero-order valence-electron chi connectivity index (χ0n) is 43.2. The van der Waals surface area contributed by atoms with Gasteiger partial charge in [0.15, 0.2) is 0 Å². The molecule has 1 amide bonds. The topological polar surface area (TPSA) is 111 Å². The SMILES string of the molecule is CCCCC/C=C/C=C/CCCCCCCCC(=O)NC(COP(=O)(O)OCC[N+](C)(C)C)C(/C=C/CCCCCCCCCCC)OC(=O)CCCCC/C=C\CCCCCCCC. The van der Waals surface area contributed by atoms with Crippen molar-refractivity contribution in [3.63, 3.8) is 0 Å². The van der Waals surface area contributed by atoms with Gasteiger partial charge in [0.25, 0.3) is 0 Å². The number of esters is 1. The monoisotopic (exact) mass is 936 g/mol. The minimum atomic E-state index is -4.44. The van der Waals surface area contributed by atoms with Crippen LogP contribution in [0.15, 0.2) is 48.6 Å². The molecule has 3 unspecified atom stereocenters. The Balaban J connectivity index is 5.43. The van der Waals surface area contributed by atoms with Crippen molar-refractivity contribution in [1.29, 1.82) is 0 Å². The Morgan fingerprint density at radius 1 is 0.538 bits per heavy atom. The fraction of sp³-hybridized carbons (Fsp3) is 0.818. The van der Waals surface area contributed by atoms with E-state index in [0.29, 0.717) is 23.9 Å². The smallest absolute Gasteiger partial charge is 0.456 e. The van der Waals surface area contributed by atoms with Gasteiger partial charge in [-0.3, -0.25) is 18.6 Å². The van der Waals surface area contributed by atoms with Crippen LogP contribution in [0.3, 0.4) is 0 Å². The maximum Gasteiger partial charge on any atom is 0.472 e. The van der Waals surface area contributed by atoms with Crippen LogP contribution in [0.1, 0.15) is 239 Å². The number of amides is 1. The van der Waals surface area contributed by atoms with Crippen molar-refractivity contribution in [2.45, 2.75) is 251 Å². The molecule has 0 radical (unpaired) electrons. The molecule has 0 fully saturated rings. The van der Waals surface area contributed by atoms with Gasteiger partial charge in [-0.1, -0.05) is 192 Å². The third-order valence-corrected chi connectivity index (χ3v) is 12.8. The molecular formula is C55H104N2O7P+. The fourth-order valence-corrected chi connectivity index (χ4v) is 8.25. The number of rotatable bonds is 48. The van der Waals surface area contributed by atoms with Gasteiger partial charge < -0.3 is 19.4 Å². The highest BCUT2D eigenvalue weighted by Crippen LogP contribution is 2.43. The number of phosphoric ester groups is 1. The number of nitrogens with one attached hydrogen (secondary N) is 1. The first-order chi connectivity index (χ1) is 31.4. The molecule has 9 nitrogen and oxygen atoms in total. The number of likely N-dealkylation sites (N-methyl/N-ethyl adjacent to an activating group) is 1. The summed E-state index contributed by atoms with van der Waals surface area (Å²) in [5, 5.41) is 3.03. The first-order valence-electron chi connectivity index (χ1n) is 27.0. The Labute approximate surface area is 401 Å². The summed E-state index contributed by atoms with van der Waals surface area (Å²) in [6, 6.07) is -0.857. The standard InChI is InChI=1S/C55H103N2O7P/c1-7-10-13-16-19-22-25-27-28-30-32-35-38-41-44-47-54(58)56-52(51-63-65(60,61)62-50-49-57(4,5)6)53(46-43-40-37-34-31-24-21-18-15-12-9-3)64-55(59)48-45-42-39-36-33-29-26-23-20-17-14-11-8-2/h19,22,25,27,29,33,43,46,52-53H,7-18,20-21,23-24,26,28,30-32,34-42,44-45,47-51H2,1-6H3,(H-,56,58,60,61)/p+1/b22-19+,27-25+,33-29-,46-43+. The lowest BCUT2D eigenvalue weighted by Gasteiger charge is -2.27. The summed E-state index contributed by atoms with van der Waals surface area (Å²) >= 11 is 0. The van der Waals surface area contributed by atoms with E-state index >= 15 is 0 Å². The lowest BCUT2D eigenvalue weighted by Crippen LogP contribution is -2.47. The summed E-state index contributed by atoms with van der Waals surface area (Å²) < 4.78 is 30.5. The zero-order chi connectivity index (χ0) is 48.0. The van der Waals surface area contributed by atoms with Gasteiger partial charge in [-0.25, -0.2) is 4.57 Å². The maximum absolute atomic E-state index is 13.4. The van der Waals surface area contributed by atoms with Crippen LogP contribution in [-0.2, 0) is 27.9 Å². The summed E-state index contributed by atoms with van der Waals surface area (Å²) in [4.78, 5) is 37.4. The number of hydrogen-bond acceptors (Lipinski definition) is 6. The largest absolute Gasteiger partial charge is 0.472 e. The number of allylic oxidation sites excluding steroid dienone is 7. The van der Waals surface area contributed by atoms with Crippen LogP contribution in [-0.4, -0.2) is 74.3 Å². The normalized spacial score (nSPS) is 14.3. The third-order valence-electron chi connectivity index (χ3n) is 11.8. The second-order valence-electron chi connectivity index (χ2n) is 19.4. The summed E-state index contributed by atoms with van der Waals surface area (Å²) in [7, 11) is 1.48. The maximum atomic E-state index is 13.4. The highest BCUT2D eigenvalue weighted by Gasteiger charge is 2.30. The first-order valence-corrected chi connectivity index (χ1v) is 28.5. The molecule has 0 aromatic rings. The number of nitrogens with zero attached hydrogens (tertiary/aromatic N) is 1. The number of phosphoric acid groups is 1. The van der Waals surface area contributed by atoms with E-state index in [1.54, 1.807) is 0 Å². The van der Waals surface area contributed by atoms with E-state index in [-0.39, 0.29) is 31.5 Å². The van der Waals surface area contributed by atoms with E-state index in [1.807, 2.05) is 33.3 Å². The van der Waals surface area contributed by atoms with Gasteiger partial charge >= 0.3 is 13.8 Å². The van der Waals surface area contributed by atoms with E-state index < -0.39 is 20.0 Å². The van der Waals surface area contributed by atoms with Gasteiger partial charge in [-0.05, 0) is 83.1 Å². The molecule has 0 aliphatic carbocycles. The minimum Gasteiger partial charge on any atom is -0.456 e. The van der Waals surface area contributed by atoms with E-state index in [0.717, 1.165) is 83.5 Å². The van der Waals surface area contributed by atoms with Crippen LogP contribution in [0.4, 0.5) is 0 Å². The molecule has 10 heteroatoms. The number of carbonyl (C=O) groups is 2. The molecule has 0 aromatic carbocycles. The molecule has 0 heterocycles. The predicted octanol–water partition coefficient (Wildman–Crippen LogP) is 15.8. The Morgan fingerprint density at radius 3 is 1.45 bits per heavy atom. The van der Waals surface area contributed by atoms with Crippen LogP contribution in [0, 0.1) is 0 Å². The van der Waals surface area contributed by atoms with Crippen LogP contribution >= 0.6 is 7.82 Å². The average Bonchev–Trinajstić information content (AvgIpc) is 3.26. The number of quaternary nitrogens is 1. The molecule has 3 atom stereocenters. The first kappa shape index (κ1) is 63.0. The van der Waals surface area contributed by atoms with Gasteiger partial charge in [0.05, 0.1) is 33.8 Å². The van der Waals surface area contributed by atoms with Crippen molar-refractivity contribution in [3.05, 3.63) is 48.6 Å². The second-order valence-corrected chi connectivity index (χ2v) is 20.9. The fourth-order valence-electron chi connectivity index (χ4n) is 7.51. The Morgan fingerprint density at radius 2 is 0.938 bits per heavy atom. The second kappa shape index (κ2) is 45.7. The molecule has 0 saturated carbocycles. The van der Waals surface area contributed by atoms with Crippen molar-refractivity contribution < 1.29 is 37.3 Å². The number of unbranched alkanes of at least 4 members (excludes halogenated alkanes) is 27. The van der Waals surface area contributed by atoms with Crippen molar-refractivity contribution >= 4 is 19.7 Å². The molecule has 0 aromatic heterocycles. The molecule has 65 heavy (non-hydrogen) atoms. The van der Waals surface area contributed by atoms with E-state index in [2.05, 4.69) is 62.5 Å². The molecule has 0 bridgehead atoms. The summed E-state index contributed by atoms with van der Waals surface area (Å²) in [5.74, 6) is -0.538. The van der Waals surface area contributed by atoms with Crippen molar-refractivity contribution in [3.8, 4) is 0 Å². The highest BCUT2D eigenvalue weighted by molar-refractivity contribution is 7.47. The van der Waals surface area contributed by atoms with Gasteiger partial charge in [0.1, 0.15) is 19.3 Å². The van der Waals surface area contributed by atoms with Crippen LogP contribution in [0.5, 0.6) is 0 Å². The molecule has 0 spiro atoms. The van der Waals surface area contributed by atoms with Crippen LogP contribution in [0.2, 0.25) is 0 Å². The highest BCUT2D eigenvalue weighted by atomic mass is 31.2. The molecule has 0 rings (SSSR count). The van der Waals surface area contributed by atoms with Crippen molar-refractivity contribution in [2.24, 2.45) is 0 Å². The molecule has 2 N–H and O–H groups in total. The third kappa shape index (κ3) is 46.9. The molecular weight excluding hydrogens is 832 g/mol. The molecule has 0 saturated heterocycles. The number of hydrogen-bond donors (Lipinski definition) is 2. The van der Waals surface area contributed by atoms with Gasteiger partial charge in [-0.15, -0.1) is 0 Å². The Hall–Kier alpha value is -2.03. The van der Waals surface area contributed by atoms with Crippen LogP contribution in [0.25, 0.3) is 0 Å². The number of ether oxygens (including phenoxy) is 1. The quantitative estimate of drug-likeness (QED) is 0.0156. The zero-order valence-corrected chi connectivity index (χ0v) is 44.1. The van der Waals surface area contributed by atoms with E-state index in [4.69, 9.17) is 13.8 Å². The molecule has 0 aliphatic heterocycles. The average molecular weight is 936 g/mol. The Kier molecular flexibility index (Phi) is 44.3. The Bertz CT molecular complexity index is 1260. The van der Waals surface area contributed by atoms with Crippen molar-refractivity contribution in [1.82, 2.24) is 5.32 Å². The van der Waals surface area contributed by atoms with Crippen molar-refractivity contribution in [2.75, 3.05) is 40.9 Å². The van der Waals surface area contributed by atoms with Gasteiger partial charge in [-0.2, -0.15) is 0 Å². The van der Waals surface area contributed by atoms with E-state index in [1.165, 1.54) is 116 Å². The lowest BCUT2D eigenvalue weighted by atomic mass is 10.1. The van der Waals surface area contributed by atoms with Crippen LogP contribution < -0.4 is 5.32 Å². The summed E-state index contributed by atoms with van der Waals surface area (Å²) in [6.45, 7) is 6.94. The number of carbonyl (C=O) groups excluding carboxylic acids is 2. The summed E-state index contributed by atoms with van der Waals surface area (Å²) in [6.07, 6.45) is 53.8. The predicted molar refractivity (Wildman–Crippen MR) is 277 cm³/mol. The minimum absolute atomic E-state index is 0.0352. The van der Waals surface area contributed by atoms with Gasteiger partial charge in [0, 0.05) is 12.8 Å². The van der Waals surface area contributed by atoms with E-state index in [9.17, 15) is 19.0 Å². The van der Waals surface area contributed by atoms with Gasteiger partial charge in [0.2, 0.25) is 5.91 Å². The molecule has 0 aliphatic rings.